The van der Waals surface area contributed by atoms with Crippen molar-refractivity contribution >= 4 is 21.8 Å². The van der Waals surface area contributed by atoms with Crippen molar-refractivity contribution in [2.75, 3.05) is 13.1 Å². The van der Waals surface area contributed by atoms with Gasteiger partial charge < -0.3 is 4.90 Å². The van der Waals surface area contributed by atoms with Crippen LogP contribution in [0.25, 0.3) is 0 Å². The summed E-state index contributed by atoms with van der Waals surface area (Å²) >= 11 is 0. The van der Waals surface area contributed by atoms with Gasteiger partial charge in [0.2, 0.25) is 5.91 Å². The highest BCUT2D eigenvalue weighted by Gasteiger charge is 2.35. The van der Waals surface area contributed by atoms with Crippen LogP contribution in [-0.2, 0) is 14.8 Å². The van der Waals surface area contributed by atoms with E-state index in [1.807, 2.05) is 4.90 Å². The van der Waals surface area contributed by atoms with Gasteiger partial charge in [-0.1, -0.05) is 31.4 Å². The quantitative estimate of drug-likeness (QED) is 0.860. The minimum absolute atomic E-state index is 0.00916. The van der Waals surface area contributed by atoms with Crippen LogP contribution < -0.4 is 4.72 Å². The Kier molecular flexibility index (Phi) is 4.50. The average Bonchev–Trinajstić information content (AvgIpc) is 2.91. The molecule has 0 spiro atoms. The molecule has 1 N–H and O–H groups in total. The van der Waals surface area contributed by atoms with Crippen molar-refractivity contribution in [3.8, 4) is 0 Å². The molecule has 0 radical (unpaired) electrons. The molecule has 1 saturated carbocycles. The minimum atomic E-state index is -3.57. The predicted molar refractivity (Wildman–Crippen MR) is 99.4 cm³/mol. The van der Waals surface area contributed by atoms with E-state index in [2.05, 4.69) is 9.71 Å². The van der Waals surface area contributed by atoms with E-state index in [-0.39, 0.29) is 16.6 Å². The van der Waals surface area contributed by atoms with Crippen molar-refractivity contribution < 1.29 is 13.2 Å². The smallest absolute Gasteiger partial charge is 0.263 e. The number of nitrogens with one attached hydrogen (secondary N) is 1. The zero-order valence-electron chi connectivity index (χ0n) is 15.0. The zero-order valence-corrected chi connectivity index (χ0v) is 15.8. The van der Waals surface area contributed by atoms with Gasteiger partial charge in [0.05, 0.1) is 4.90 Å². The van der Waals surface area contributed by atoms with Crippen molar-refractivity contribution in [1.82, 2.24) is 9.62 Å². The van der Waals surface area contributed by atoms with Crippen LogP contribution in [0.1, 0.15) is 44.6 Å². The molecule has 0 aromatic heterocycles. The van der Waals surface area contributed by atoms with Crippen LogP contribution in [0.15, 0.2) is 34.2 Å². The number of carbonyl (C=O) groups excluding carboxylic acids is 1. The number of rotatable bonds is 2. The number of sulfonamides is 1. The van der Waals surface area contributed by atoms with E-state index in [9.17, 15) is 13.2 Å². The molecular formula is C19H25N3O3S. The summed E-state index contributed by atoms with van der Waals surface area (Å²) in [5, 5.41) is 0. The molecule has 6 nitrogen and oxygen atoms in total. The molecule has 1 aromatic rings. The summed E-state index contributed by atoms with van der Waals surface area (Å²) in [4.78, 5) is 19.5. The van der Waals surface area contributed by atoms with Gasteiger partial charge in [-0.2, -0.15) is 0 Å². The summed E-state index contributed by atoms with van der Waals surface area (Å²) in [5.74, 6) is 1.65. The van der Waals surface area contributed by atoms with Crippen molar-refractivity contribution in [3.05, 3.63) is 29.8 Å². The van der Waals surface area contributed by atoms with E-state index in [1.165, 1.54) is 25.7 Å². The number of amides is 1. The van der Waals surface area contributed by atoms with Crippen LogP contribution in [0, 0.1) is 11.8 Å². The number of carbonyl (C=O) groups is 1. The molecule has 140 valence electrons. The maximum absolute atomic E-state index is 12.9. The Morgan fingerprint density at radius 2 is 1.92 bits per heavy atom. The Hall–Kier alpha value is -1.89. The Labute approximate surface area is 154 Å². The predicted octanol–water partition coefficient (Wildman–Crippen LogP) is 2.15. The highest BCUT2D eigenvalue weighted by atomic mass is 32.2. The Morgan fingerprint density at radius 1 is 1.19 bits per heavy atom. The summed E-state index contributed by atoms with van der Waals surface area (Å²) < 4.78 is 26.9. The summed E-state index contributed by atoms with van der Waals surface area (Å²) in [6.07, 6.45) is 6.17. The molecule has 7 heteroatoms. The molecule has 1 aliphatic carbocycles. The van der Waals surface area contributed by atoms with Crippen LogP contribution in [0.3, 0.4) is 0 Å². The normalized spacial score (nSPS) is 29.6. The first kappa shape index (κ1) is 17.5. The molecule has 0 bridgehead atoms. The number of aliphatic imine (C=N–C) groups is 1. The van der Waals surface area contributed by atoms with E-state index in [0.29, 0.717) is 11.5 Å². The molecule has 26 heavy (non-hydrogen) atoms. The van der Waals surface area contributed by atoms with E-state index in [1.54, 1.807) is 31.2 Å². The lowest BCUT2D eigenvalue weighted by Crippen LogP contribution is -2.47. The lowest BCUT2D eigenvalue weighted by Gasteiger charge is -2.41. The fraction of sp³-hybridized carbons (Fsp3) is 0.579. The zero-order chi connectivity index (χ0) is 18.3. The van der Waals surface area contributed by atoms with Crippen molar-refractivity contribution in [3.63, 3.8) is 0 Å². The van der Waals surface area contributed by atoms with Gasteiger partial charge in [0.1, 0.15) is 11.9 Å². The number of fused-ring (bicyclic) bond motifs is 2. The number of hydrogen-bond acceptors (Lipinski definition) is 4. The maximum atomic E-state index is 12.9. The monoisotopic (exact) mass is 375 g/mol. The lowest BCUT2D eigenvalue weighted by atomic mass is 9.75. The molecule has 1 saturated heterocycles. The van der Waals surface area contributed by atoms with Crippen LogP contribution in [0.4, 0.5) is 0 Å². The summed E-state index contributed by atoms with van der Waals surface area (Å²) in [7, 11) is -3.57. The minimum Gasteiger partial charge on any atom is -0.341 e. The maximum Gasteiger partial charge on any atom is 0.263 e. The van der Waals surface area contributed by atoms with E-state index in [0.717, 1.165) is 25.4 Å². The van der Waals surface area contributed by atoms with Gasteiger partial charge in [-0.15, -0.1) is 0 Å². The molecule has 2 aliphatic heterocycles. The Balaban J connectivity index is 1.51. The number of nitrogens with zero attached hydrogens (tertiary/aromatic N) is 2. The van der Waals surface area contributed by atoms with Crippen molar-refractivity contribution in [2.45, 2.75) is 50.0 Å². The first-order valence-corrected chi connectivity index (χ1v) is 10.9. The highest BCUT2D eigenvalue weighted by Crippen LogP contribution is 2.36. The number of benzene rings is 1. The second-order valence-electron chi connectivity index (χ2n) is 7.63. The number of piperidine rings is 1. The number of hydrogen-bond donors (Lipinski definition) is 1. The highest BCUT2D eigenvalue weighted by molar-refractivity contribution is 7.90. The SMILES string of the molecule is C[C@H](N=C1NS(=O)(=O)c2ccccc21)C(=O)N1CC[C@H]2CCCC[C@H]2C1. The van der Waals surface area contributed by atoms with Crippen LogP contribution >= 0.6 is 0 Å². The van der Waals surface area contributed by atoms with Crippen molar-refractivity contribution in [1.29, 1.82) is 0 Å². The average molecular weight is 375 g/mol. The van der Waals surface area contributed by atoms with Gasteiger partial charge >= 0.3 is 0 Å². The van der Waals surface area contributed by atoms with Crippen LogP contribution in [0.2, 0.25) is 0 Å². The first-order chi connectivity index (χ1) is 12.5. The molecule has 2 heterocycles. The molecular weight excluding hydrogens is 350 g/mol. The van der Waals surface area contributed by atoms with Gasteiger partial charge in [-0.05, 0) is 43.7 Å². The van der Waals surface area contributed by atoms with E-state index in [4.69, 9.17) is 0 Å². The topological polar surface area (TPSA) is 78.8 Å². The molecule has 1 aromatic carbocycles. The molecule has 3 atom stereocenters. The largest absolute Gasteiger partial charge is 0.341 e. The van der Waals surface area contributed by atoms with Gasteiger partial charge in [0.25, 0.3) is 10.0 Å². The number of amidine groups is 1. The lowest BCUT2D eigenvalue weighted by molar-refractivity contribution is -0.135. The summed E-state index contributed by atoms with van der Waals surface area (Å²) in [6, 6.07) is 6.14. The second-order valence-corrected chi connectivity index (χ2v) is 9.28. The van der Waals surface area contributed by atoms with Crippen molar-refractivity contribution in [2.24, 2.45) is 16.8 Å². The van der Waals surface area contributed by atoms with Gasteiger partial charge in [0.15, 0.2) is 0 Å². The Morgan fingerprint density at radius 3 is 2.73 bits per heavy atom. The third kappa shape index (κ3) is 3.13. The summed E-state index contributed by atoms with van der Waals surface area (Å²) in [6.45, 7) is 3.36. The Bertz CT molecular complexity index is 849. The van der Waals surface area contributed by atoms with Gasteiger partial charge in [0, 0.05) is 18.7 Å². The second kappa shape index (κ2) is 6.68. The third-order valence-electron chi connectivity index (χ3n) is 5.95. The third-order valence-corrected chi connectivity index (χ3v) is 7.34. The molecule has 4 rings (SSSR count). The van der Waals surface area contributed by atoms with E-state index < -0.39 is 16.1 Å². The fourth-order valence-corrected chi connectivity index (χ4v) is 5.78. The molecule has 1 amide bonds. The van der Waals surface area contributed by atoms with Gasteiger partial charge in [-0.3, -0.25) is 14.5 Å². The fourth-order valence-electron chi connectivity index (χ4n) is 4.54. The standard InChI is InChI=1S/C19H25N3O3S/c1-13(19(23)22-11-10-14-6-2-3-7-15(14)12-22)20-18-16-8-4-5-9-17(16)26(24,25)21-18/h4-5,8-9,13-15H,2-3,6-7,10-12H2,1H3,(H,20,21)/t13-,14+,15-/m0/s1. The molecule has 0 unspecified atom stereocenters. The van der Waals surface area contributed by atoms with Crippen LogP contribution in [-0.4, -0.2) is 44.2 Å². The summed E-state index contributed by atoms with van der Waals surface area (Å²) in [5.41, 5.74) is 0.540. The number of likely N-dealkylation sites (tertiary alicyclic amines) is 1. The van der Waals surface area contributed by atoms with Gasteiger partial charge in [-0.25, -0.2) is 8.42 Å². The first-order valence-electron chi connectivity index (χ1n) is 9.44. The molecule has 3 aliphatic rings. The van der Waals surface area contributed by atoms with E-state index >= 15 is 0 Å². The van der Waals surface area contributed by atoms with Crippen LogP contribution in [0.5, 0.6) is 0 Å². The molecule has 2 fully saturated rings.